The van der Waals surface area contributed by atoms with Crippen molar-refractivity contribution in [2.24, 2.45) is 0 Å². The third-order valence-electron chi connectivity index (χ3n) is 5.55. The lowest BCUT2D eigenvalue weighted by molar-refractivity contribution is -0.0224. The highest BCUT2D eigenvalue weighted by Gasteiger charge is 2.37. The first-order valence-corrected chi connectivity index (χ1v) is 9.14. The molecule has 0 amide bonds. The normalized spacial score (nSPS) is 19.7. The predicted octanol–water partition coefficient (Wildman–Crippen LogP) is 3.74. The van der Waals surface area contributed by atoms with Crippen LogP contribution in [0.3, 0.4) is 0 Å². The van der Waals surface area contributed by atoms with E-state index in [0.717, 1.165) is 57.3 Å². The number of aryl methyl sites for hydroxylation is 2. The summed E-state index contributed by atoms with van der Waals surface area (Å²) in [6, 6.07) is 8.25. The molecule has 1 aliphatic carbocycles. The van der Waals surface area contributed by atoms with Gasteiger partial charge in [0.1, 0.15) is 11.9 Å². The quantitative estimate of drug-likeness (QED) is 0.689. The molecule has 0 fully saturated rings. The van der Waals surface area contributed by atoms with Gasteiger partial charge in [0.2, 0.25) is 0 Å². The molecule has 0 radical (unpaired) electrons. The van der Waals surface area contributed by atoms with Crippen molar-refractivity contribution in [2.45, 2.75) is 57.7 Å². The second-order valence-electron chi connectivity index (χ2n) is 7.84. The van der Waals surface area contributed by atoms with Crippen LogP contribution in [0, 0.1) is 0 Å². The van der Waals surface area contributed by atoms with Gasteiger partial charge in [-0.1, -0.05) is 24.3 Å². The van der Waals surface area contributed by atoms with E-state index in [1.807, 2.05) is 26.0 Å². The zero-order valence-corrected chi connectivity index (χ0v) is 14.7. The zero-order valence-electron chi connectivity index (χ0n) is 14.7. The number of aliphatic hydroxyl groups is 1. The van der Waals surface area contributed by atoms with Crippen molar-refractivity contribution in [3.8, 4) is 5.75 Å². The molecule has 1 atom stereocenters. The summed E-state index contributed by atoms with van der Waals surface area (Å²) >= 11 is 0. The monoisotopic (exact) mass is 334 g/mol. The third-order valence-corrected chi connectivity index (χ3v) is 5.55. The number of benzene rings is 2. The Bertz CT molecular complexity index is 1000. The van der Waals surface area contributed by atoms with Crippen molar-refractivity contribution >= 4 is 21.8 Å². The molecule has 25 heavy (non-hydrogen) atoms. The number of hydrogen-bond acceptors (Lipinski definition) is 4. The SMILES string of the molecule is CC(C)(O)C1Cc2c(c3ccccc3c3nc4c(nc23)CCCC4)O1. The number of rotatable bonds is 1. The minimum absolute atomic E-state index is 0.255. The number of fused-ring (bicyclic) bond motifs is 7. The fourth-order valence-corrected chi connectivity index (χ4v) is 4.13. The smallest absolute Gasteiger partial charge is 0.133 e. The van der Waals surface area contributed by atoms with Gasteiger partial charge in [-0.2, -0.15) is 0 Å². The summed E-state index contributed by atoms with van der Waals surface area (Å²) in [4.78, 5) is 10.1. The first-order valence-electron chi connectivity index (χ1n) is 9.14. The molecular weight excluding hydrogens is 312 g/mol. The molecule has 1 aliphatic heterocycles. The molecule has 0 spiro atoms. The molecule has 3 aromatic rings. The Morgan fingerprint density at radius 3 is 2.32 bits per heavy atom. The van der Waals surface area contributed by atoms with Crippen molar-refractivity contribution in [1.29, 1.82) is 0 Å². The van der Waals surface area contributed by atoms with Gasteiger partial charge in [0.15, 0.2) is 0 Å². The number of hydrogen-bond donors (Lipinski definition) is 1. The maximum absolute atomic E-state index is 10.5. The van der Waals surface area contributed by atoms with Gasteiger partial charge in [0, 0.05) is 22.8 Å². The Balaban J connectivity index is 1.84. The lowest BCUT2D eigenvalue weighted by atomic mass is 9.94. The average Bonchev–Trinajstić information content (AvgIpc) is 3.07. The molecule has 2 aliphatic rings. The van der Waals surface area contributed by atoms with Crippen molar-refractivity contribution < 1.29 is 9.84 Å². The molecule has 1 N–H and O–H groups in total. The van der Waals surface area contributed by atoms with E-state index in [4.69, 9.17) is 14.7 Å². The molecule has 128 valence electrons. The second kappa shape index (κ2) is 5.15. The summed E-state index contributed by atoms with van der Waals surface area (Å²) in [5, 5.41) is 12.6. The van der Waals surface area contributed by atoms with E-state index in [1.165, 1.54) is 12.8 Å². The third kappa shape index (κ3) is 2.24. The van der Waals surface area contributed by atoms with Crippen LogP contribution in [0.2, 0.25) is 0 Å². The lowest BCUT2D eigenvalue weighted by Crippen LogP contribution is -2.39. The van der Waals surface area contributed by atoms with Crippen molar-refractivity contribution in [3.63, 3.8) is 0 Å². The Hall–Kier alpha value is -2.20. The Morgan fingerprint density at radius 1 is 1.00 bits per heavy atom. The highest BCUT2D eigenvalue weighted by molar-refractivity contribution is 6.09. The average molecular weight is 334 g/mol. The van der Waals surface area contributed by atoms with Gasteiger partial charge < -0.3 is 9.84 Å². The van der Waals surface area contributed by atoms with Crippen LogP contribution in [0.25, 0.3) is 21.8 Å². The number of aromatic nitrogens is 2. The Labute approximate surface area is 146 Å². The van der Waals surface area contributed by atoms with E-state index in [2.05, 4.69) is 12.1 Å². The van der Waals surface area contributed by atoms with Gasteiger partial charge in [-0.25, -0.2) is 9.97 Å². The van der Waals surface area contributed by atoms with E-state index in [0.29, 0.717) is 6.42 Å². The second-order valence-corrected chi connectivity index (χ2v) is 7.84. The van der Waals surface area contributed by atoms with E-state index in [-0.39, 0.29) is 6.10 Å². The molecule has 2 heterocycles. The van der Waals surface area contributed by atoms with Gasteiger partial charge in [-0.05, 0) is 39.5 Å². The predicted molar refractivity (Wildman–Crippen MR) is 98.1 cm³/mol. The summed E-state index contributed by atoms with van der Waals surface area (Å²) in [5.41, 5.74) is 4.44. The first-order chi connectivity index (χ1) is 12.0. The molecule has 4 nitrogen and oxygen atoms in total. The maximum atomic E-state index is 10.5. The van der Waals surface area contributed by atoms with Gasteiger partial charge in [0.25, 0.3) is 0 Å². The van der Waals surface area contributed by atoms with Crippen LogP contribution in [0.15, 0.2) is 24.3 Å². The van der Waals surface area contributed by atoms with Crippen LogP contribution in [0.4, 0.5) is 0 Å². The van der Waals surface area contributed by atoms with Crippen LogP contribution in [-0.4, -0.2) is 26.8 Å². The van der Waals surface area contributed by atoms with Crippen LogP contribution >= 0.6 is 0 Å². The molecular formula is C21H22N2O2. The summed E-state index contributed by atoms with van der Waals surface area (Å²) in [5.74, 6) is 0.875. The summed E-state index contributed by atoms with van der Waals surface area (Å²) < 4.78 is 6.22. The van der Waals surface area contributed by atoms with E-state index in [1.54, 1.807) is 0 Å². The molecule has 5 rings (SSSR count). The number of nitrogens with zero attached hydrogens (tertiary/aromatic N) is 2. The molecule has 0 bridgehead atoms. The zero-order chi connectivity index (χ0) is 17.2. The van der Waals surface area contributed by atoms with Crippen LogP contribution in [-0.2, 0) is 19.3 Å². The standard InChI is InChI=1S/C21H22N2O2/c1-21(2,24)17-11-14-19-18(22-15-9-5-6-10-16(15)23-19)12-7-3-4-8-13(12)20(14)25-17/h3-4,7-8,17,24H,5-6,9-11H2,1-2H3. The minimum atomic E-state index is -0.895. The minimum Gasteiger partial charge on any atom is -0.486 e. The first kappa shape index (κ1) is 15.1. The Kier molecular flexibility index (Phi) is 3.11. The van der Waals surface area contributed by atoms with Crippen LogP contribution < -0.4 is 4.74 Å². The highest BCUT2D eigenvalue weighted by atomic mass is 16.5. The molecule has 2 aromatic carbocycles. The number of ether oxygens (including phenoxy) is 1. The van der Waals surface area contributed by atoms with E-state index < -0.39 is 5.60 Å². The maximum Gasteiger partial charge on any atom is 0.133 e. The van der Waals surface area contributed by atoms with Gasteiger partial charge >= 0.3 is 0 Å². The largest absolute Gasteiger partial charge is 0.486 e. The molecule has 0 saturated heterocycles. The molecule has 1 aromatic heterocycles. The fraction of sp³-hybridized carbons (Fsp3) is 0.429. The van der Waals surface area contributed by atoms with Crippen LogP contribution in [0.1, 0.15) is 43.6 Å². The fourth-order valence-electron chi connectivity index (χ4n) is 4.13. The van der Waals surface area contributed by atoms with Gasteiger partial charge in [-0.3, -0.25) is 0 Å². The lowest BCUT2D eigenvalue weighted by Gasteiger charge is -2.24. The van der Waals surface area contributed by atoms with Gasteiger partial charge in [0.05, 0.1) is 28.0 Å². The van der Waals surface area contributed by atoms with Crippen molar-refractivity contribution in [2.75, 3.05) is 0 Å². The van der Waals surface area contributed by atoms with E-state index >= 15 is 0 Å². The topological polar surface area (TPSA) is 55.2 Å². The molecule has 0 saturated carbocycles. The van der Waals surface area contributed by atoms with Gasteiger partial charge in [-0.15, -0.1) is 0 Å². The van der Waals surface area contributed by atoms with Crippen LogP contribution in [0.5, 0.6) is 5.75 Å². The summed E-state index contributed by atoms with van der Waals surface area (Å²) in [6.07, 6.45) is 4.83. The Morgan fingerprint density at radius 2 is 1.64 bits per heavy atom. The summed E-state index contributed by atoms with van der Waals surface area (Å²) in [6.45, 7) is 3.61. The highest BCUT2D eigenvalue weighted by Crippen LogP contribution is 2.43. The molecule has 4 heteroatoms. The van der Waals surface area contributed by atoms with E-state index in [9.17, 15) is 5.11 Å². The van der Waals surface area contributed by atoms with Crippen molar-refractivity contribution in [1.82, 2.24) is 9.97 Å². The molecule has 1 unspecified atom stereocenters. The summed E-state index contributed by atoms with van der Waals surface area (Å²) in [7, 11) is 0. The van der Waals surface area contributed by atoms with Crippen molar-refractivity contribution in [3.05, 3.63) is 41.2 Å².